The lowest BCUT2D eigenvalue weighted by atomic mass is 10.2. The first-order valence-corrected chi connectivity index (χ1v) is 13.7. The molecule has 0 aliphatic rings. The number of aromatic nitrogens is 3. The van der Waals surface area contributed by atoms with Crippen molar-refractivity contribution in [3.05, 3.63) is 101 Å². The first-order valence-electron chi connectivity index (χ1n) is 13.7. The summed E-state index contributed by atoms with van der Waals surface area (Å²) in [5.41, 5.74) is 7.91. The zero-order chi connectivity index (χ0) is 30.3. The maximum absolute atomic E-state index is 13.6. The maximum Gasteiger partial charge on any atom is 0.251 e. The molecule has 4 aromatic rings. The summed E-state index contributed by atoms with van der Waals surface area (Å²) in [6.45, 7) is 3.11. The number of carbonyl (C=O) groups excluding carboxylic acids is 1. The van der Waals surface area contributed by atoms with Crippen LogP contribution in [0.5, 0.6) is 0 Å². The van der Waals surface area contributed by atoms with Crippen molar-refractivity contribution < 1.29 is 23.0 Å². The predicted octanol–water partition coefficient (Wildman–Crippen LogP) is 3.84. The molecule has 43 heavy (non-hydrogen) atoms. The summed E-state index contributed by atoms with van der Waals surface area (Å²) in [6.07, 6.45) is 0. The molecule has 4 rings (SSSR count). The van der Waals surface area contributed by atoms with Crippen molar-refractivity contribution in [2.45, 2.75) is 13.1 Å². The Morgan fingerprint density at radius 2 is 1.40 bits per heavy atom. The first kappa shape index (κ1) is 31.2. The number of nitrogens with one attached hydrogen (secondary N) is 4. The minimum Gasteiger partial charge on any atom is -0.378 e. The van der Waals surface area contributed by atoms with E-state index in [1.807, 2.05) is 0 Å². The van der Waals surface area contributed by atoms with E-state index in [4.69, 9.17) is 15.2 Å². The van der Waals surface area contributed by atoms with E-state index in [0.717, 1.165) is 5.56 Å². The van der Waals surface area contributed by atoms with Gasteiger partial charge in [-0.15, -0.1) is 0 Å². The van der Waals surface area contributed by atoms with Crippen molar-refractivity contribution in [3.8, 4) is 0 Å². The van der Waals surface area contributed by atoms with E-state index in [1.54, 1.807) is 48.5 Å². The summed E-state index contributed by atoms with van der Waals surface area (Å²) in [5.74, 6) is -0.227. The lowest BCUT2D eigenvalue weighted by Gasteiger charge is -2.12. The van der Waals surface area contributed by atoms with Crippen LogP contribution in [0.1, 0.15) is 21.5 Å². The van der Waals surface area contributed by atoms with Crippen LogP contribution in [0.2, 0.25) is 0 Å². The van der Waals surface area contributed by atoms with Gasteiger partial charge in [-0.1, -0.05) is 30.3 Å². The topological polar surface area (TPSA) is 148 Å². The molecule has 1 heterocycles. The van der Waals surface area contributed by atoms with Crippen molar-refractivity contribution in [3.63, 3.8) is 0 Å². The third-order valence-electron chi connectivity index (χ3n) is 5.89. The van der Waals surface area contributed by atoms with Crippen LogP contribution in [0.15, 0.2) is 72.8 Å². The Morgan fingerprint density at radius 1 is 0.721 bits per heavy atom. The molecule has 0 fully saturated rings. The number of nitrogens with zero attached hydrogens (tertiary/aromatic N) is 3. The molecule has 3 aromatic carbocycles. The highest BCUT2D eigenvalue weighted by Gasteiger charge is 2.10. The van der Waals surface area contributed by atoms with Crippen LogP contribution in [0.3, 0.4) is 0 Å². The summed E-state index contributed by atoms with van der Waals surface area (Å²) in [5, 5.41) is 12.1. The van der Waals surface area contributed by atoms with Gasteiger partial charge in [0.15, 0.2) is 0 Å². The molecule has 226 valence electrons. The second kappa shape index (κ2) is 16.7. The summed E-state index contributed by atoms with van der Waals surface area (Å²) < 4.78 is 37.6. The number of rotatable bonds is 17. The molecule has 0 unspecified atom stereocenters. The summed E-state index contributed by atoms with van der Waals surface area (Å²) in [7, 11) is 0. The van der Waals surface area contributed by atoms with Crippen LogP contribution in [0.25, 0.3) is 0 Å². The van der Waals surface area contributed by atoms with E-state index >= 15 is 0 Å². The molecule has 0 bridgehead atoms. The van der Waals surface area contributed by atoms with Gasteiger partial charge in [0.25, 0.3) is 5.91 Å². The molecule has 0 radical (unpaired) electrons. The van der Waals surface area contributed by atoms with Crippen molar-refractivity contribution in [2.24, 2.45) is 5.73 Å². The Morgan fingerprint density at radius 3 is 2.12 bits per heavy atom. The van der Waals surface area contributed by atoms with Gasteiger partial charge in [0, 0.05) is 37.4 Å². The van der Waals surface area contributed by atoms with Crippen LogP contribution in [-0.4, -0.2) is 60.4 Å². The number of halogens is 2. The number of hydrogen-bond acceptors (Lipinski definition) is 10. The molecule has 13 heteroatoms. The normalized spacial score (nSPS) is 10.8. The number of ether oxygens (including phenoxy) is 2. The monoisotopic (exact) mass is 592 g/mol. The maximum atomic E-state index is 13.6. The highest BCUT2D eigenvalue weighted by atomic mass is 19.1. The Balaban J connectivity index is 1.40. The van der Waals surface area contributed by atoms with Gasteiger partial charge in [0.05, 0.1) is 26.4 Å². The van der Waals surface area contributed by atoms with E-state index in [1.165, 1.54) is 24.3 Å². The second-order valence-corrected chi connectivity index (χ2v) is 9.24. The molecule has 1 aromatic heterocycles. The number of amides is 1. The molecular weight excluding hydrogens is 558 g/mol. The van der Waals surface area contributed by atoms with Gasteiger partial charge in [-0.05, 0) is 53.6 Å². The van der Waals surface area contributed by atoms with E-state index < -0.39 is 0 Å². The fourth-order valence-electron chi connectivity index (χ4n) is 3.81. The van der Waals surface area contributed by atoms with Crippen molar-refractivity contribution in [1.29, 1.82) is 0 Å². The van der Waals surface area contributed by atoms with E-state index in [0.29, 0.717) is 62.9 Å². The quantitative estimate of drug-likeness (QED) is 0.115. The van der Waals surface area contributed by atoms with Crippen LogP contribution in [0, 0.1) is 11.6 Å². The second-order valence-electron chi connectivity index (χ2n) is 9.24. The molecule has 1 amide bonds. The Labute approximate surface area is 248 Å². The number of nitrogens with two attached hydrogens (primary N) is 1. The molecule has 0 atom stereocenters. The first-order chi connectivity index (χ1) is 21.0. The standard InChI is InChI=1S/C30H34F2N8O3/c31-24-9-7-21(8-10-24)19-35-28-38-29(36-20-22-3-1-5-25(32)17-22)40-30(39-28)37-26-6-2-4-23(18-26)27(41)34-12-14-43-16-15-42-13-11-33/h1-10,17-18H,11-16,19-20,33H2,(H,34,41)(H3,35,36,37,38,39,40). The molecule has 0 saturated heterocycles. The molecule has 11 nitrogen and oxygen atoms in total. The van der Waals surface area contributed by atoms with Crippen molar-refractivity contribution in [2.75, 3.05) is 55.5 Å². The smallest absolute Gasteiger partial charge is 0.251 e. The van der Waals surface area contributed by atoms with Gasteiger partial charge >= 0.3 is 0 Å². The number of carbonyl (C=O) groups is 1. The van der Waals surface area contributed by atoms with Gasteiger partial charge in [0.2, 0.25) is 17.8 Å². The molecule has 0 saturated carbocycles. The van der Waals surface area contributed by atoms with E-state index in [9.17, 15) is 13.6 Å². The minimum absolute atomic E-state index is 0.209. The lowest BCUT2D eigenvalue weighted by Crippen LogP contribution is -2.27. The zero-order valence-corrected chi connectivity index (χ0v) is 23.5. The van der Waals surface area contributed by atoms with Crippen LogP contribution < -0.4 is 27.0 Å². The zero-order valence-electron chi connectivity index (χ0n) is 23.5. The van der Waals surface area contributed by atoms with Crippen LogP contribution in [-0.2, 0) is 22.6 Å². The summed E-state index contributed by atoms with van der Waals surface area (Å²) in [6, 6.07) is 19.1. The lowest BCUT2D eigenvalue weighted by molar-refractivity contribution is 0.0511. The Kier molecular flexibility index (Phi) is 12.1. The van der Waals surface area contributed by atoms with E-state index in [-0.39, 0.29) is 41.9 Å². The van der Waals surface area contributed by atoms with Crippen molar-refractivity contribution >= 4 is 29.4 Å². The Hall–Kier alpha value is -4.72. The summed E-state index contributed by atoms with van der Waals surface area (Å²) in [4.78, 5) is 26.0. The number of hydrogen-bond donors (Lipinski definition) is 5. The highest BCUT2D eigenvalue weighted by molar-refractivity contribution is 5.95. The molecule has 0 spiro atoms. The molecule has 6 N–H and O–H groups in total. The predicted molar refractivity (Wildman–Crippen MR) is 160 cm³/mol. The third kappa shape index (κ3) is 10.9. The van der Waals surface area contributed by atoms with Gasteiger partial charge in [-0.3, -0.25) is 4.79 Å². The van der Waals surface area contributed by atoms with Gasteiger partial charge in [0.1, 0.15) is 11.6 Å². The van der Waals surface area contributed by atoms with E-state index in [2.05, 4.69) is 36.2 Å². The molecule has 0 aliphatic carbocycles. The van der Waals surface area contributed by atoms with Gasteiger partial charge in [-0.2, -0.15) is 15.0 Å². The third-order valence-corrected chi connectivity index (χ3v) is 5.89. The fraction of sp³-hybridized carbons (Fsp3) is 0.267. The minimum atomic E-state index is -0.344. The largest absolute Gasteiger partial charge is 0.378 e. The van der Waals surface area contributed by atoms with Crippen molar-refractivity contribution in [1.82, 2.24) is 20.3 Å². The van der Waals surface area contributed by atoms with Gasteiger partial charge < -0.3 is 36.5 Å². The van der Waals surface area contributed by atoms with Crippen LogP contribution >= 0.6 is 0 Å². The number of anilines is 4. The average molecular weight is 593 g/mol. The molecule has 0 aliphatic heterocycles. The highest BCUT2D eigenvalue weighted by Crippen LogP contribution is 2.18. The fourth-order valence-corrected chi connectivity index (χ4v) is 3.81. The SMILES string of the molecule is NCCOCCOCCNC(=O)c1cccc(Nc2nc(NCc3ccc(F)cc3)nc(NCc3cccc(F)c3)n2)c1. The summed E-state index contributed by atoms with van der Waals surface area (Å²) >= 11 is 0. The van der Waals surface area contributed by atoms with Crippen LogP contribution in [0.4, 0.5) is 32.3 Å². The average Bonchev–Trinajstić information content (AvgIpc) is 3.01. The Bertz CT molecular complexity index is 1460. The number of benzene rings is 3. The molecular formula is C30H34F2N8O3. The van der Waals surface area contributed by atoms with Gasteiger partial charge in [-0.25, -0.2) is 8.78 Å².